The number of carbonyl (C=O) groups excluding carboxylic acids is 1. The molecule has 5 aromatic rings. The van der Waals surface area contributed by atoms with Crippen LogP contribution in [0.15, 0.2) is 140 Å². The summed E-state index contributed by atoms with van der Waals surface area (Å²) < 4.78 is 30.1. The summed E-state index contributed by atoms with van der Waals surface area (Å²) in [7, 11) is 0.0352. The first-order valence-electron chi connectivity index (χ1n) is 14.2. The molecule has 6 rings (SSSR count). The van der Waals surface area contributed by atoms with Crippen molar-refractivity contribution in [1.29, 1.82) is 0 Å². The van der Waals surface area contributed by atoms with Crippen LogP contribution in [-0.2, 0) is 35.2 Å². The van der Waals surface area contributed by atoms with Crippen molar-refractivity contribution in [3.8, 4) is 11.1 Å². The summed E-state index contributed by atoms with van der Waals surface area (Å²) >= 11 is 0. The van der Waals surface area contributed by atoms with Gasteiger partial charge in [-0.1, -0.05) is 115 Å². The maximum absolute atomic E-state index is 13.6. The van der Waals surface area contributed by atoms with E-state index in [2.05, 4.69) is 48.5 Å². The minimum absolute atomic E-state index is 0.0878. The quantitative estimate of drug-likeness (QED) is 0.174. The van der Waals surface area contributed by atoms with E-state index >= 15 is 0 Å². The van der Waals surface area contributed by atoms with Crippen molar-refractivity contribution in [2.75, 3.05) is 27.4 Å². The van der Waals surface area contributed by atoms with Gasteiger partial charge < -0.3 is 14.0 Å². The average molecular weight is 591 g/mol. The Kier molecular flexibility index (Phi) is 9.68. The van der Waals surface area contributed by atoms with E-state index in [0.717, 1.165) is 5.56 Å². The molecule has 5 aromatic carbocycles. The van der Waals surface area contributed by atoms with E-state index in [0.29, 0.717) is 23.8 Å². The molecule has 1 aliphatic carbocycles. The lowest BCUT2D eigenvalue weighted by Gasteiger charge is -2.30. The largest absolute Gasteiger partial charge is 0.404 e. The highest BCUT2D eigenvalue weighted by Crippen LogP contribution is 2.49. The summed E-state index contributed by atoms with van der Waals surface area (Å²) in [5.41, 5.74) is 5.85. The number of methoxy groups -OCH3 is 2. The molecule has 0 unspecified atom stereocenters. The van der Waals surface area contributed by atoms with Crippen molar-refractivity contribution >= 4 is 23.9 Å². The van der Waals surface area contributed by atoms with Gasteiger partial charge in [-0.3, -0.25) is 9.36 Å². The van der Waals surface area contributed by atoms with Crippen LogP contribution in [0.5, 0.6) is 0 Å². The number of hydrogen-bond acceptors (Lipinski definition) is 5. The smallest absolute Gasteiger partial charge is 0.315 e. The fourth-order valence-corrected chi connectivity index (χ4v) is 7.69. The lowest BCUT2D eigenvalue weighted by molar-refractivity contribution is -0.133. The first kappa shape index (κ1) is 30.2. The molecule has 218 valence electrons. The first-order chi connectivity index (χ1) is 21.0. The number of rotatable bonds is 9. The second kappa shape index (κ2) is 13.8. The van der Waals surface area contributed by atoms with Gasteiger partial charge in [-0.25, -0.2) is 0 Å². The Morgan fingerprint density at radius 1 is 0.581 bits per heavy atom. The van der Waals surface area contributed by atoms with Crippen molar-refractivity contribution in [3.05, 3.63) is 156 Å². The Morgan fingerprint density at radius 3 is 1.42 bits per heavy atom. The van der Waals surface area contributed by atoms with Gasteiger partial charge in [0.25, 0.3) is 0 Å². The molecule has 0 aliphatic heterocycles. The molecule has 0 saturated carbocycles. The Morgan fingerprint density at radius 2 is 0.977 bits per heavy atom. The van der Waals surface area contributed by atoms with Gasteiger partial charge in [0.15, 0.2) is 0 Å². The zero-order valence-corrected chi connectivity index (χ0v) is 25.3. The van der Waals surface area contributed by atoms with Crippen LogP contribution in [0.4, 0.5) is 0 Å². The molecule has 6 heteroatoms. The van der Waals surface area contributed by atoms with Crippen LogP contribution in [0.1, 0.15) is 16.7 Å². The highest BCUT2D eigenvalue weighted by atomic mass is 31.2. The minimum atomic E-state index is -3.47. The molecule has 0 atom stereocenters. The summed E-state index contributed by atoms with van der Waals surface area (Å²) in [6.07, 6.45) is 0.0878. The number of benzene rings is 5. The second-order valence-corrected chi connectivity index (χ2v) is 12.7. The fraction of sp³-hybridized carbons (Fsp3) is 0.162. The highest BCUT2D eigenvalue weighted by Gasteiger charge is 2.43. The molecule has 43 heavy (non-hydrogen) atoms. The van der Waals surface area contributed by atoms with Crippen molar-refractivity contribution in [2.24, 2.45) is 0 Å². The Hall–Kier alpha value is -4.28. The van der Waals surface area contributed by atoms with Crippen LogP contribution in [0.25, 0.3) is 11.1 Å². The van der Waals surface area contributed by atoms with E-state index in [1.54, 1.807) is 62.8 Å². The van der Waals surface area contributed by atoms with Gasteiger partial charge in [-0.2, -0.15) is 0 Å². The van der Waals surface area contributed by atoms with Crippen LogP contribution >= 0.6 is 7.37 Å². The number of fused-ring (bicyclic) bond motifs is 3. The van der Waals surface area contributed by atoms with E-state index in [-0.39, 0.29) is 11.8 Å². The predicted molar refractivity (Wildman–Crippen MR) is 172 cm³/mol. The van der Waals surface area contributed by atoms with E-state index < -0.39 is 13.3 Å². The zero-order chi connectivity index (χ0) is 30.1. The number of carbonyl (C=O) groups is 1. The lowest BCUT2D eigenvalue weighted by Crippen LogP contribution is -2.35. The third-order valence-electron chi connectivity index (χ3n) is 7.57. The van der Waals surface area contributed by atoms with Gasteiger partial charge in [0.05, 0.1) is 35.7 Å². The molecule has 0 bridgehead atoms. The van der Waals surface area contributed by atoms with Gasteiger partial charge in [0, 0.05) is 14.2 Å². The van der Waals surface area contributed by atoms with Crippen molar-refractivity contribution in [3.63, 3.8) is 0 Å². The topological polar surface area (TPSA) is 61.8 Å². The molecule has 0 fully saturated rings. The first-order valence-corrected chi connectivity index (χ1v) is 15.8. The number of hydrogen-bond donors (Lipinski definition) is 0. The predicted octanol–water partition coefficient (Wildman–Crippen LogP) is 6.95. The van der Waals surface area contributed by atoms with E-state index in [4.69, 9.17) is 14.0 Å². The lowest BCUT2D eigenvalue weighted by atomic mass is 9.79. The standard InChI is InChI=1S/C20H17O3P.C17H18O2/c21-20(16-17-10-4-1-5-11-17)23-24(22,18-12-6-2-7-13-18)19-14-8-3-9-15-19;1-18-11-17(12-19-2)15-9-5-3-7-13(15)14-8-4-6-10-16(14)17/h1-15H,16H2;3-10H,11-12H2,1-2H3. The normalized spacial score (nSPS) is 12.8. The molecule has 0 radical (unpaired) electrons. The molecular weight excluding hydrogens is 555 g/mol. The van der Waals surface area contributed by atoms with Crippen molar-refractivity contribution in [2.45, 2.75) is 11.8 Å². The molecule has 1 aliphatic rings. The summed E-state index contributed by atoms with van der Waals surface area (Å²) in [6.45, 7) is 1.27. The summed E-state index contributed by atoms with van der Waals surface area (Å²) in [4.78, 5) is 12.4. The van der Waals surface area contributed by atoms with E-state index in [9.17, 15) is 9.36 Å². The van der Waals surface area contributed by atoms with E-state index in [1.807, 2.05) is 42.5 Å². The SMILES string of the molecule is COCC1(COC)c2ccccc2-c2ccccc21.O=C(Cc1ccccc1)OP(=O)(c1ccccc1)c1ccccc1. The maximum Gasteiger partial charge on any atom is 0.315 e. The van der Waals surface area contributed by atoms with Crippen LogP contribution in [0.3, 0.4) is 0 Å². The molecule has 5 nitrogen and oxygen atoms in total. The van der Waals surface area contributed by atoms with E-state index in [1.165, 1.54) is 22.3 Å². The highest BCUT2D eigenvalue weighted by molar-refractivity contribution is 7.74. The minimum Gasteiger partial charge on any atom is -0.404 e. The third-order valence-corrected chi connectivity index (χ3v) is 9.99. The molecule has 0 amide bonds. The van der Waals surface area contributed by atoms with Crippen LogP contribution < -0.4 is 10.6 Å². The van der Waals surface area contributed by atoms with Gasteiger partial charge in [-0.05, 0) is 52.1 Å². The Bertz CT molecular complexity index is 1590. The van der Waals surface area contributed by atoms with Crippen molar-refractivity contribution < 1.29 is 23.4 Å². The summed E-state index contributed by atoms with van der Waals surface area (Å²) in [5, 5.41) is 1.02. The van der Waals surface area contributed by atoms with Gasteiger partial charge >= 0.3 is 13.3 Å². The summed E-state index contributed by atoms with van der Waals surface area (Å²) in [5.74, 6) is -0.503. The van der Waals surface area contributed by atoms with Gasteiger partial charge in [0.1, 0.15) is 0 Å². The molecule has 0 N–H and O–H groups in total. The Labute approximate surface area is 253 Å². The van der Waals surface area contributed by atoms with Gasteiger partial charge in [-0.15, -0.1) is 0 Å². The Balaban J connectivity index is 0.000000176. The number of ether oxygens (including phenoxy) is 2. The molecule has 0 spiro atoms. The maximum atomic E-state index is 13.6. The molecule has 0 heterocycles. The van der Waals surface area contributed by atoms with Crippen LogP contribution in [-0.4, -0.2) is 33.4 Å². The average Bonchev–Trinajstić information content (AvgIpc) is 3.32. The molecular formula is C37H35O5P. The van der Waals surface area contributed by atoms with Crippen molar-refractivity contribution in [1.82, 2.24) is 0 Å². The second-order valence-electron chi connectivity index (χ2n) is 10.4. The third kappa shape index (κ3) is 6.40. The summed E-state index contributed by atoms with van der Waals surface area (Å²) in [6, 6.07) is 44.1. The zero-order valence-electron chi connectivity index (χ0n) is 24.4. The molecule has 0 aromatic heterocycles. The monoisotopic (exact) mass is 590 g/mol. The van der Waals surface area contributed by atoms with Crippen LogP contribution in [0, 0.1) is 0 Å². The van der Waals surface area contributed by atoms with Crippen LogP contribution in [0.2, 0.25) is 0 Å². The van der Waals surface area contributed by atoms with Gasteiger partial charge in [0.2, 0.25) is 0 Å². The molecule has 0 saturated heterocycles. The fourth-order valence-electron chi connectivity index (χ4n) is 5.70.